The van der Waals surface area contributed by atoms with Gasteiger partial charge < -0.3 is 9.88 Å². The number of hydrogen-bond acceptors (Lipinski definition) is 6. The van der Waals surface area contributed by atoms with Crippen molar-refractivity contribution >= 4 is 34.1 Å². The molecule has 0 aliphatic heterocycles. The van der Waals surface area contributed by atoms with Crippen LogP contribution in [-0.4, -0.2) is 30.9 Å². The van der Waals surface area contributed by atoms with Crippen LogP contribution in [0.25, 0.3) is 11.4 Å². The number of hydrogen-bond donors (Lipinski definition) is 1. The van der Waals surface area contributed by atoms with Gasteiger partial charge in [0.2, 0.25) is 5.91 Å². The van der Waals surface area contributed by atoms with Gasteiger partial charge in [-0.1, -0.05) is 23.9 Å². The Morgan fingerprint density at radius 1 is 1.40 bits per heavy atom. The minimum atomic E-state index is -0.382. The molecule has 1 atom stereocenters. The van der Waals surface area contributed by atoms with Gasteiger partial charge in [-0.05, 0) is 26.0 Å². The summed E-state index contributed by atoms with van der Waals surface area (Å²) in [7, 11) is 1.79. The first-order valence-electron chi connectivity index (χ1n) is 7.49. The first-order valence-corrected chi connectivity index (χ1v) is 9.25. The second-order valence-electron chi connectivity index (χ2n) is 5.42. The van der Waals surface area contributed by atoms with Crippen molar-refractivity contribution in [3.05, 3.63) is 41.2 Å². The van der Waals surface area contributed by atoms with Crippen LogP contribution in [0, 0.1) is 12.7 Å². The number of nitrogens with zero attached hydrogens (tertiary/aromatic N) is 4. The summed E-state index contributed by atoms with van der Waals surface area (Å²) >= 11 is 2.67. The predicted octanol–water partition coefficient (Wildman–Crippen LogP) is 3.51. The zero-order valence-electron chi connectivity index (χ0n) is 13.9. The molecule has 2 aromatic heterocycles. The van der Waals surface area contributed by atoms with Gasteiger partial charge in [0.05, 0.1) is 10.9 Å². The molecular weight excluding hydrogens is 361 g/mol. The Morgan fingerprint density at radius 3 is 2.88 bits per heavy atom. The number of anilines is 1. The van der Waals surface area contributed by atoms with Crippen LogP contribution in [0.4, 0.5) is 9.52 Å². The summed E-state index contributed by atoms with van der Waals surface area (Å²) in [6.07, 6.45) is 0. The van der Waals surface area contributed by atoms with Crippen molar-refractivity contribution in [1.82, 2.24) is 19.7 Å². The number of carbonyl (C=O) groups is 1. The van der Waals surface area contributed by atoms with Crippen LogP contribution in [0.1, 0.15) is 12.6 Å². The van der Waals surface area contributed by atoms with Crippen LogP contribution in [0.15, 0.2) is 34.8 Å². The van der Waals surface area contributed by atoms with Gasteiger partial charge in [-0.2, -0.15) is 0 Å². The lowest BCUT2D eigenvalue weighted by atomic mass is 10.2. The minimum Gasteiger partial charge on any atom is -0.305 e. The third kappa shape index (κ3) is 4.05. The lowest BCUT2D eigenvalue weighted by Crippen LogP contribution is -2.22. The second-order valence-corrected chi connectivity index (χ2v) is 7.58. The van der Waals surface area contributed by atoms with E-state index in [1.54, 1.807) is 30.7 Å². The van der Waals surface area contributed by atoms with Crippen LogP contribution < -0.4 is 5.32 Å². The highest BCUT2D eigenvalue weighted by Gasteiger charge is 2.20. The van der Waals surface area contributed by atoms with Gasteiger partial charge in [0.15, 0.2) is 16.1 Å². The van der Waals surface area contributed by atoms with Crippen LogP contribution in [0.2, 0.25) is 0 Å². The van der Waals surface area contributed by atoms with Gasteiger partial charge in [-0.3, -0.25) is 4.79 Å². The Kier molecular flexibility index (Phi) is 5.14. The summed E-state index contributed by atoms with van der Waals surface area (Å²) in [6.45, 7) is 3.66. The van der Waals surface area contributed by atoms with Crippen molar-refractivity contribution in [2.75, 3.05) is 5.32 Å². The standard InChI is InChI=1S/C16H16FN5OS2/c1-9-8-24-15(18-9)19-14(23)10(2)25-16-21-20-13(22(16)3)11-5-4-6-12(17)7-11/h4-8,10H,1-3H3,(H,18,19,23)/t10-/m0/s1. The Morgan fingerprint density at radius 2 is 2.20 bits per heavy atom. The van der Waals surface area contributed by atoms with Crippen molar-refractivity contribution in [1.29, 1.82) is 0 Å². The Bertz CT molecular complexity index is 908. The molecular formula is C16H16FN5OS2. The molecule has 9 heteroatoms. The number of carbonyl (C=O) groups excluding carboxylic acids is 1. The molecule has 0 fully saturated rings. The average Bonchev–Trinajstić information content (AvgIpc) is 3.14. The molecule has 0 bridgehead atoms. The largest absolute Gasteiger partial charge is 0.305 e. The first kappa shape index (κ1) is 17.6. The maximum atomic E-state index is 13.4. The third-order valence-corrected chi connectivity index (χ3v) is 5.43. The highest BCUT2D eigenvalue weighted by molar-refractivity contribution is 8.00. The van der Waals surface area contributed by atoms with E-state index >= 15 is 0 Å². The SMILES string of the molecule is Cc1csc(NC(=O)[C@H](C)Sc2nnc(-c3cccc(F)c3)n2C)n1. The number of aromatic nitrogens is 4. The summed E-state index contributed by atoms with van der Waals surface area (Å²) in [4.78, 5) is 16.5. The lowest BCUT2D eigenvalue weighted by Gasteiger charge is -2.10. The molecule has 6 nitrogen and oxygen atoms in total. The normalized spacial score (nSPS) is 12.2. The first-order chi connectivity index (χ1) is 11.9. The molecule has 25 heavy (non-hydrogen) atoms. The predicted molar refractivity (Wildman–Crippen MR) is 97.2 cm³/mol. The lowest BCUT2D eigenvalue weighted by molar-refractivity contribution is -0.115. The van der Waals surface area contributed by atoms with E-state index in [0.29, 0.717) is 21.7 Å². The van der Waals surface area contributed by atoms with Gasteiger partial charge in [0.25, 0.3) is 0 Å². The molecule has 1 aromatic carbocycles. The van der Waals surface area contributed by atoms with Crippen molar-refractivity contribution < 1.29 is 9.18 Å². The monoisotopic (exact) mass is 377 g/mol. The molecule has 0 radical (unpaired) electrons. The number of benzene rings is 1. The Labute approximate surface area is 152 Å². The van der Waals surface area contributed by atoms with Gasteiger partial charge in [-0.15, -0.1) is 21.5 Å². The molecule has 0 aliphatic rings. The highest BCUT2D eigenvalue weighted by atomic mass is 32.2. The quantitative estimate of drug-likeness (QED) is 0.689. The fourth-order valence-corrected chi connectivity index (χ4v) is 3.63. The Hall–Kier alpha value is -2.26. The van der Waals surface area contributed by atoms with Gasteiger partial charge >= 0.3 is 0 Å². The van der Waals surface area contributed by atoms with E-state index in [2.05, 4.69) is 20.5 Å². The molecule has 3 aromatic rings. The van der Waals surface area contributed by atoms with Crippen LogP contribution in [0.5, 0.6) is 0 Å². The maximum Gasteiger partial charge on any atom is 0.239 e. The fraction of sp³-hybridized carbons (Fsp3) is 0.250. The molecule has 1 amide bonds. The van der Waals surface area contributed by atoms with E-state index in [1.165, 1.54) is 35.2 Å². The van der Waals surface area contributed by atoms with Crippen LogP contribution in [-0.2, 0) is 11.8 Å². The van der Waals surface area contributed by atoms with E-state index in [0.717, 1.165) is 5.69 Å². The molecule has 130 valence electrons. The molecule has 0 unspecified atom stereocenters. The number of halogens is 1. The summed E-state index contributed by atoms with van der Waals surface area (Å²) in [6, 6.07) is 6.17. The summed E-state index contributed by atoms with van der Waals surface area (Å²) in [5.41, 5.74) is 1.51. The van der Waals surface area contributed by atoms with E-state index in [-0.39, 0.29) is 17.0 Å². The maximum absolute atomic E-state index is 13.4. The number of amides is 1. The van der Waals surface area contributed by atoms with Crippen molar-refractivity contribution in [3.8, 4) is 11.4 Å². The topological polar surface area (TPSA) is 72.7 Å². The third-order valence-electron chi connectivity index (χ3n) is 3.42. The van der Waals surface area contributed by atoms with Crippen LogP contribution >= 0.6 is 23.1 Å². The smallest absolute Gasteiger partial charge is 0.239 e. The number of nitrogens with one attached hydrogen (secondary N) is 1. The number of rotatable bonds is 5. The van der Waals surface area contributed by atoms with Crippen molar-refractivity contribution in [2.45, 2.75) is 24.3 Å². The molecule has 3 rings (SSSR count). The van der Waals surface area contributed by atoms with Gasteiger partial charge in [0, 0.05) is 18.0 Å². The average molecular weight is 377 g/mol. The van der Waals surface area contributed by atoms with Crippen molar-refractivity contribution in [3.63, 3.8) is 0 Å². The van der Waals surface area contributed by atoms with Gasteiger partial charge in [0.1, 0.15) is 5.82 Å². The molecule has 0 spiro atoms. The number of thioether (sulfide) groups is 1. The Balaban J connectivity index is 1.71. The molecule has 2 heterocycles. The fourth-order valence-electron chi connectivity index (χ4n) is 2.13. The van der Waals surface area contributed by atoms with E-state index < -0.39 is 0 Å². The van der Waals surface area contributed by atoms with E-state index in [4.69, 9.17) is 0 Å². The van der Waals surface area contributed by atoms with Crippen LogP contribution in [0.3, 0.4) is 0 Å². The van der Waals surface area contributed by atoms with E-state index in [1.807, 2.05) is 12.3 Å². The number of thiazole rings is 1. The zero-order chi connectivity index (χ0) is 18.0. The summed E-state index contributed by atoms with van der Waals surface area (Å²) in [5, 5.41) is 13.7. The van der Waals surface area contributed by atoms with E-state index in [9.17, 15) is 9.18 Å². The summed E-state index contributed by atoms with van der Waals surface area (Å²) in [5.74, 6) is 0.0565. The summed E-state index contributed by atoms with van der Waals surface area (Å²) < 4.78 is 15.1. The molecule has 1 N–H and O–H groups in total. The number of aryl methyl sites for hydroxylation is 1. The second kappa shape index (κ2) is 7.32. The minimum absolute atomic E-state index is 0.158. The highest BCUT2D eigenvalue weighted by Crippen LogP contribution is 2.27. The zero-order valence-corrected chi connectivity index (χ0v) is 15.5. The molecule has 0 aliphatic carbocycles. The van der Waals surface area contributed by atoms with Gasteiger partial charge in [-0.25, -0.2) is 9.37 Å². The van der Waals surface area contributed by atoms with Crippen molar-refractivity contribution in [2.24, 2.45) is 7.05 Å². The molecule has 0 saturated carbocycles. The molecule has 0 saturated heterocycles.